The average molecular weight is 831 g/mol. The number of aliphatic hydroxyl groups excluding tert-OH is 1. The summed E-state index contributed by atoms with van der Waals surface area (Å²) in [7, 11) is 3.15. The highest BCUT2D eigenvalue weighted by Gasteiger charge is 2.31. The van der Waals surface area contributed by atoms with Gasteiger partial charge in [-0.1, -0.05) is 41.4 Å². The van der Waals surface area contributed by atoms with Crippen LogP contribution < -0.4 is 20.1 Å². The molecule has 13 nitrogen and oxygen atoms in total. The minimum atomic E-state index is -0.586. The molecule has 1 atom stereocenters. The third-order valence-corrected chi connectivity index (χ3v) is 11.6. The summed E-state index contributed by atoms with van der Waals surface area (Å²) >= 11 is 14.4. The molecule has 4 aromatic heterocycles. The van der Waals surface area contributed by atoms with Crippen molar-refractivity contribution >= 4 is 40.8 Å². The Bertz CT molecular complexity index is 2300. The van der Waals surface area contributed by atoms with Crippen LogP contribution in [0.2, 0.25) is 10.0 Å². The van der Waals surface area contributed by atoms with Crippen molar-refractivity contribution in [1.82, 2.24) is 34.9 Å². The summed E-state index contributed by atoms with van der Waals surface area (Å²) in [5, 5.41) is 17.1. The Kier molecular flexibility index (Phi) is 12.4. The Labute approximate surface area is 348 Å². The van der Waals surface area contributed by atoms with Crippen LogP contribution in [0.3, 0.4) is 0 Å². The number of nitrogens with one attached hydrogen (secondary N) is 2. The normalized spacial score (nSPS) is 18.3. The quantitative estimate of drug-likeness (QED) is 0.113. The van der Waals surface area contributed by atoms with E-state index in [-0.39, 0.29) is 31.2 Å². The van der Waals surface area contributed by atoms with Crippen LogP contribution in [-0.4, -0.2) is 85.9 Å². The number of carbonyl (C=O) groups is 2. The number of ether oxygens (including phenoxy) is 3. The van der Waals surface area contributed by atoms with Crippen LogP contribution in [0.5, 0.6) is 11.6 Å². The van der Waals surface area contributed by atoms with Crippen LogP contribution in [0.4, 0.5) is 4.79 Å². The van der Waals surface area contributed by atoms with E-state index >= 15 is 0 Å². The molecular formula is C43H49Cl2N7O6. The maximum atomic E-state index is 13.3. The lowest BCUT2D eigenvalue weighted by Gasteiger charge is -2.35. The molecule has 0 bridgehead atoms. The fraction of sp³-hybridized carbons (Fsp3) is 0.419. The Morgan fingerprint density at radius 2 is 1.74 bits per heavy atom. The highest BCUT2D eigenvalue weighted by molar-refractivity contribution is 6.39. The number of pyridine rings is 3. The van der Waals surface area contributed by atoms with Crippen LogP contribution in [-0.2, 0) is 22.6 Å². The number of carbonyl (C=O) groups excluding carboxylic acids is 2. The van der Waals surface area contributed by atoms with E-state index in [4.69, 9.17) is 47.4 Å². The zero-order valence-electron chi connectivity index (χ0n) is 33.3. The van der Waals surface area contributed by atoms with Gasteiger partial charge in [-0.05, 0) is 77.1 Å². The molecule has 5 heterocycles. The van der Waals surface area contributed by atoms with Crippen molar-refractivity contribution in [3.05, 3.63) is 82.4 Å². The molecule has 15 heteroatoms. The van der Waals surface area contributed by atoms with Gasteiger partial charge < -0.3 is 34.4 Å². The summed E-state index contributed by atoms with van der Waals surface area (Å²) in [6.45, 7) is 6.65. The number of halogens is 2. The molecule has 0 unspecified atom stereocenters. The van der Waals surface area contributed by atoms with Crippen molar-refractivity contribution in [2.45, 2.75) is 96.1 Å². The van der Waals surface area contributed by atoms with Crippen molar-refractivity contribution < 1.29 is 28.9 Å². The maximum absolute atomic E-state index is 13.3. The summed E-state index contributed by atoms with van der Waals surface area (Å²) in [6, 6.07) is 13.3. The number of imidazole rings is 1. The third kappa shape index (κ3) is 9.02. The summed E-state index contributed by atoms with van der Waals surface area (Å²) in [6.07, 6.45) is 9.47. The summed E-state index contributed by atoms with van der Waals surface area (Å²) in [5.41, 5.74) is 5.55. The van der Waals surface area contributed by atoms with Crippen molar-refractivity contribution in [2.75, 3.05) is 20.8 Å². The Hall–Kier alpha value is -4.95. The molecule has 2 fully saturated rings. The minimum absolute atomic E-state index is 0.0371. The molecular weight excluding hydrogens is 781 g/mol. The monoisotopic (exact) mass is 829 g/mol. The number of hydrogen-bond acceptors (Lipinski definition) is 10. The van der Waals surface area contributed by atoms with Crippen LogP contribution in [0.25, 0.3) is 39.3 Å². The van der Waals surface area contributed by atoms with Gasteiger partial charge >= 0.3 is 6.09 Å². The summed E-state index contributed by atoms with van der Waals surface area (Å²) in [4.78, 5) is 40.9. The lowest BCUT2D eigenvalue weighted by atomic mass is 9.93. The van der Waals surface area contributed by atoms with E-state index in [0.29, 0.717) is 86.4 Å². The molecule has 0 radical (unpaired) electrons. The minimum Gasteiger partial charge on any atom is -0.493 e. The van der Waals surface area contributed by atoms with Gasteiger partial charge in [0, 0.05) is 71.0 Å². The van der Waals surface area contributed by atoms with Crippen molar-refractivity contribution in [1.29, 1.82) is 0 Å². The number of rotatable bonds is 12. The van der Waals surface area contributed by atoms with E-state index in [1.807, 2.05) is 80.0 Å². The second kappa shape index (κ2) is 17.5. The van der Waals surface area contributed by atoms with E-state index in [9.17, 15) is 14.7 Å². The number of benzene rings is 1. The SMILES string of the molecule is COc1nc(-c2cccc(-c3ccnc(-c4cc(OC)c5nc(CNC6CCC(O)CC6)cn5c4)c3Cl)c2Cl)ccc1CN(C(=O)OC[C@@H]1CCC(=O)N1)C(C)(C)C. The molecule has 2 amide bonds. The van der Waals surface area contributed by atoms with Gasteiger partial charge in [0.05, 0.1) is 60.0 Å². The molecule has 1 saturated heterocycles. The molecule has 1 aliphatic heterocycles. The molecule has 0 spiro atoms. The second-order valence-electron chi connectivity index (χ2n) is 15.8. The van der Waals surface area contributed by atoms with Crippen LogP contribution in [0.1, 0.15) is 70.6 Å². The van der Waals surface area contributed by atoms with Gasteiger partial charge in [-0.3, -0.25) is 14.7 Å². The topological polar surface area (TPSA) is 152 Å². The van der Waals surface area contributed by atoms with Gasteiger partial charge in [0.2, 0.25) is 11.8 Å². The molecule has 2 aliphatic rings. The Morgan fingerprint density at radius 1 is 0.983 bits per heavy atom. The number of methoxy groups -OCH3 is 2. The Morgan fingerprint density at radius 3 is 2.45 bits per heavy atom. The van der Waals surface area contributed by atoms with Crippen molar-refractivity contribution in [3.63, 3.8) is 0 Å². The molecule has 5 aromatic rings. The summed E-state index contributed by atoms with van der Waals surface area (Å²) in [5.74, 6) is 0.882. The number of hydrogen-bond donors (Lipinski definition) is 3. The van der Waals surface area contributed by atoms with Gasteiger partial charge in [-0.15, -0.1) is 0 Å². The first kappa shape index (κ1) is 41.2. The van der Waals surface area contributed by atoms with Crippen LogP contribution in [0, 0.1) is 0 Å². The smallest absolute Gasteiger partial charge is 0.410 e. The number of amides is 2. The standard InChI is InChI=1S/C43H49Cl2N7O6/c1-43(2,3)52(42(55)58-24-28-12-16-36(54)48-28)22-25-9-15-34(50-41(25)57-5)33-8-6-7-31(37(33)44)32-17-18-46-39(38(32)45)26-19-35(56-4)40-49-29(23-51(40)21-26)20-47-27-10-13-30(53)14-11-27/h6-9,15,17-19,21,23,27-28,30,47,53H,10-14,16,20,22,24H2,1-5H3,(H,48,54)/t27?,28-,30?/m0/s1. The van der Waals surface area contributed by atoms with Crippen LogP contribution in [0.15, 0.2) is 61.1 Å². The summed E-state index contributed by atoms with van der Waals surface area (Å²) < 4.78 is 19.1. The van der Waals surface area contributed by atoms with Gasteiger partial charge in [-0.2, -0.15) is 0 Å². The van der Waals surface area contributed by atoms with E-state index in [0.717, 1.165) is 36.9 Å². The lowest BCUT2D eigenvalue weighted by molar-refractivity contribution is -0.119. The van der Waals surface area contributed by atoms with Gasteiger partial charge in [0.25, 0.3) is 0 Å². The number of nitrogens with zero attached hydrogens (tertiary/aromatic N) is 5. The number of aliphatic hydroxyl groups is 1. The molecule has 1 aromatic carbocycles. The molecule has 1 saturated carbocycles. The maximum Gasteiger partial charge on any atom is 0.410 e. The molecule has 7 rings (SSSR count). The van der Waals surface area contributed by atoms with E-state index in [2.05, 4.69) is 15.6 Å². The first-order valence-corrected chi connectivity index (χ1v) is 20.3. The predicted molar refractivity (Wildman–Crippen MR) is 223 cm³/mol. The largest absolute Gasteiger partial charge is 0.493 e. The van der Waals surface area contributed by atoms with Crippen molar-refractivity contribution in [3.8, 4) is 45.3 Å². The van der Waals surface area contributed by atoms with E-state index in [1.54, 1.807) is 18.2 Å². The van der Waals surface area contributed by atoms with Crippen molar-refractivity contribution in [2.24, 2.45) is 0 Å². The van der Waals surface area contributed by atoms with E-state index in [1.165, 1.54) is 7.11 Å². The molecule has 306 valence electrons. The average Bonchev–Trinajstić information content (AvgIpc) is 3.83. The molecule has 1 aliphatic carbocycles. The molecule has 58 heavy (non-hydrogen) atoms. The number of aromatic nitrogens is 4. The fourth-order valence-corrected chi connectivity index (χ4v) is 8.16. The Balaban J connectivity index is 1.13. The predicted octanol–water partition coefficient (Wildman–Crippen LogP) is 7.86. The fourth-order valence-electron chi connectivity index (χ4n) is 7.52. The lowest BCUT2D eigenvalue weighted by Crippen LogP contribution is -2.46. The zero-order valence-corrected chi connectivity index (χ0v) is 34.9. The van der Waals surface area contributed by atoms with Gasteiger partial charge in [0.1, 0.15) is 6.61 Å². The number of fused-ring (bicyclic) bond motifs is 1. The van der Waals surface area contributed by atoms with Crippen LogP contribution >= 0.6 is 23.2 Å². The highest BCUT2D eigenvalue weighted by atomic mass is 35.5. The van der Waals surface area contributed by atoms with Gasteiger partial charge in [0.15, 0.2) is 11.4 Å². The van der Waals surface area contributed by atoms with E-state index < -0.39 is 11.6 Å². The van der Waals surface area contributed by atoms with Gasteiger partial charge in [-0.25, -0.2) is 14.8 Å². The molecule has 3 N–H and O–H groups in total. The third-order valence-electron chi connectivity index (χ3n) is 10.8. The zero-order chi connectivity index (χ0) is 41.1. The first-order chi connectivity index (χ1) is 27.8. The highest BCUT2D eigenvalue weighted by Crippen LogP contribution is 2.42. The first-order valence-electron chi connectivity index (χ1n) is 19.5. The second-order valence-corrected chi connectivity index (χ2v) is 16.6.